The van der Waals surface area contributed by atoms with Crippen LogP contribution in [0.25, 0.3) is 22.3 Å². The minimum absolute atomic E-state index is 0.0443. The van der Waals surface area contributed by atoms with Crippen LogP contribution in [-0.2, 0) is 36.6 Å². The Morgan fingerprint density at radius 3 is 1.16 bits per heavy atom. The maximum absolute atomic E-state index is 13.4. The molecule has 0 fully saturated rings. The highest BCUT2D eigenvalue weighted by atomic mass is 16.6. The summed E-state index contributed by atoms with van der Waals surface area (Å²) in [7, 11) is 0. The molecule has 0 aliphatic heterocycles. The number of hydrogen-bond donors (Lipinski definition) is 1. The van der Waals surface area contributed by atoms with Gasteiger partial charge < -0.3 is 19.3 Å². The lowest BCUT2D eigenvalue weighted by molar-refractivity contribution is -0.160. The van der Waals surface area contributed by atoms with Gasteiger partial charge in [-0.2, -0.15) is 0 Å². The number of rotatable bonds is 14. The third kappa shape index (κ3) is 11.3. The maximum atomic E-state index is 13.4. The van der Waals surface area contributed by atoms with E-state index in [1.807, 2.05) is 139 Å². The maximum Gasteiger partial charge on any atom is 0.410 e. The zero-order valence-electron chi connectivity index (χ0n) is 40.1. The molecule has 2 atom stereocenters. The molecule has 10 heteroatoms. The third-order valence-corrected chi connectivity index (χ3v) is 12.6. The Balaban J connectivity index is 0.000000203. The van der Waals surface area contributed by atoms with Crippen LogP contribution in [0.1, 0.15) is 91.0 Å². The van der Waals surface area contributed by atoms with Gasteiger partial charge in [-0.3, -0.25) is 9.80 Å². The Kier molecular flexibility index (Phi) is 15.5. The van der Waals surface area contributed by atoms with Crippen LogP contribution in [0.4, 0.5) is 9.59 Å². The average molecular weight is 915 g/mol. The number of carboxylic acids is 1. The molecule has 10 nitrogen and oxygen atoms in total. The summed E-state index contributed by atoms with van der Waals surface area (Å²) >= 11 is 0. The van der Waals surface area contributed by atoms with E-state index in [4.69, 9.17) is 14.2 Å². The lowest BCUT2D eigenvalue weighted by Gasteiger charge is -2.31. The molecule has 0 unspecified atom stereocenters. The first-order valence-corrected chi connectivity index (χ1v) is 23.5. The normalized spacial score (nSPS) is 13.3. The SMILES string of the molecule is CCN(C(=O)OCC1c2ccccc2-c2ccccc21)[C@@H](Cc1ccc(C)cc1)C(=O)O.CCN(C(=O)OCC1c2ccccc2-c2ccccc21)[C@@H](Cc1ccc(C)cc1)C(=O)OC(C)(C)C. The number of nitrogens with zero attached hydrogens (tertiary/aromatic N) is 2. The first kappa shape index (κ1) is 48.7. The summed E-state index contributed by atoms with van der Waals surface area (Å²) < 4.78 is 17.3. The molecule has 8 rings (SSSR count). The highest BCUT2D eigenvalue weighted by Gasteiger charge is 2.36. The van der Waals surface area contributed by atoms with Gasteiger partial charge in [0.2, 0.25) is 0 Å². The molecule has 68 heavy (non-hydrogen) atoms. The molecule has 0 saturated carbocycles. The number of fused-ring (bicyclic) bond motifs is 6. The first-order valence-electron chi connectivity index (χ1n) is 23.5. The van der Waals surface area contributed by atoms with Gasteiger partial charge in [-0.15, -0.1) is 0 Å². The zero-order valence-corrected chi connectivity index (χ0v) is 40.1. The number of carbonyl (C=O) groups is 4. The quantitative estimate of drug-likeness (QED) is 0.0847. The summed E-state index contributed by atoms with van der Waals surface area (Å²) in [6.07, 6.45) is -0.530. The number of benzene rings is 6. The molecule has 1 N–H and O–H groups in total. The van der Waals surface area contributed by atoms with Gasteiger partial charge in [-0.1, -0.05) is 157 Å². The van der Waals surface area contributed by atoms with Gasteiger partial charge in [0.25, 0.3) is 0 Å². The largest absolute Gasteiger partial charge is 0.480 e. The lowest BCUT2D eigenvalue weighted by Crippen LogP contribution is -2.49. The zero-order chi connectivity index (χ0) is 48.5. The van der Waals surface area contributed by atoms with Crippen molar-refractivity contribution in [3.8, 4) is 22.3 Å². The fourth-order valence-electron chi connectivity index (χ4n) is 9.22. The highest BCUT2D eigenvalue weighted by molar-refractivity contribution is 5.84. The van der Waals surface area contributed by atoms with Crippen molar-refractivity contribution in [2.24, 2.45) is 0 Å². The van der Waals surface area contributed by atoms with E-state index in [9.17, 15) is 24.3 Å². The molecule has 2 aliphatic rings. The second-order valence-electron chi connectivity index (χ2n) is 18.5. The van der Waals surface area contributed by atoms with Crippen molar-refractivity contribution < 1.29 is 38.5 Å². The Morgan fingerprint density at radius 1 is 0.515 bits per heavy atom. The summed E-state index contributed by atoms with van der Waals surface area (Å²) in [6, 6.07) is 46.6. The molecule has 0 saturated heterocycles. The molecule has 0 aromatic heterocycles. The van der Waals surface area contributed by atoms with Crippen LogP contribution in [0.15, 0.2) is 146 Å². The average Bonchev–Trinajstić information content (AvgIpc) is 3.83. The molecule has 2 aliphatic carbocycles. The molecule has 0 radical (unpaired) electrons. The number of carboxylic acid groups (broad SMARTS) is 1. The number of amides is 2. The minimum Gasteiger partial charge on any atom is -0.480 e. The van der Waals surface area contributed by atoms with Gasteiger partial charge in [0.15, 0.2) is 0 Å². The monoisotopic (exact) mass is 914 g/mol. The topological polar surface area (TPSA) is 123 Å². The molecule has 0 heterocycles. The van der Waals surface area contributed by atoms with Gasteiger partial charge in [0, 0.05) is 37.8 Å². The van der Waals surface area contributed by atoms with E-state index in [2.05, 4.69) is 48.5 Å². The number of aryl methyl sites for hydroxylation is 2. The van der Waals surface area contributed by atoms with Crippen molar-refractivity contribution in [2.75, 3.05) is 26.3 Å². The van der Waals surface area contributed by atoms with Crippen molar-refractivity contribution in [3.05, 3.63) is 190 Å². The molecule has 0 spiro atoms. The number of aliphatic carboxylic acids is 1. The number of esters is 1. The van der Waals surface area contributed by atoms with Crippen molar-refractivity contribution in [3.63, 3.8) is 0 Å². The molecule has 352 valence electrons. The van der Waals surface area contributed by atoms with Gasteiger partial charge in [0.05, 0.1) is 0 Å². The smallest absolute Gasteiger partial charge is 0.410 e. The lowest BCUT2D eigenvalue weighted by atomic mass is 9.98. The Labute approximate surface area is 400 Å². The summed E-state index contributed by atoms with van der Waals surface area (Å²) in [6.45, 7) is 14.1. The van der Waals surface area contributed by atoms with Gasteiger partial charge in [-0.05, 0) is 104 Å². The third-order valence-electron chi connectivity index (χ3n) is 12.6. The molecule has 2 amide bonds. The van der Waals surface area contributed by atoms with E-state index in [-0.39, 0.29) is 38.0 Å². The fourth-order valence-corrected chi connectivity index (χ4v) is 9.22. The van der Waals surface area contributed by atoms with E-state index in [0.717, 1.165) is 55.6 Å². The van der Waals surface area contributed by atoms with Gasteiger partial charge in [-0.25, -0.2) is 19.2 Å². The van der Waals surface area contributed by atoms with E-state index >= 15 is 0 Å². The summed E-state index contributed by atoms with van der Waals surface area (Å²) in [5, 5.41) is 9.83. The minimum atomic E-state index is -1.04. The van der Waals surface area contributed by atoms with Crippen LogP contribution in [0.5, 0.6) is 0 Å². The summed E-state index contributed by atoms with van der Waals surface area (Å²) in [4.78, 5) is 54.4. The van der Waals surface area contributed by atoms with Crippen LogP contribution >= 0.6 is 0 Å². The fraction of sp³-hybridized carbons (Fsp3) is 0.310. The Hall–Kier alpha value is -7.20. The number of likely N-dealkylation sites (N-methyl/N-ethyl adjacent to an activating group) is 2. The van der Waals surface area contributed by atoms with E-state index in [1.165, 1.54) is 20.9 Å². The van der Waals surface area contributed by atoms with Gasteiger partial charge in [0.1, 0.15) is 30.9 Å². The van der Waals surface area contributed by atoms with Crippen molar-refractivity contribution in [1.82, 2.24) is 9.80 Å². The Morgan fingerprint density at radius 2 is 0.838 bits per heavy atom. The molecule has 0 bridgehead atoms. The molecular formula is C58H62N2O8. The van der Waals surface area contributed by atoms with Crippen molar-refractivity contribution in [1.29, 1.82) is 0 Å². The van der Waals surface area contributed by atoms with Crippen LogP contribution < -0.4 is 0 Å². The van der Waals surface area contributed by atoms with E-state index in [1.54, 1.807) is 6.92 Å². The van der Waals surface area contributed by atoms with E-state index < -0.39 is 41.8 Å². The molecule has 6 aromatic carbocycles. The number of carbonyl (C=O) groups excluding carboxylic acids is 3. The van der Waals surface area contributed by atoms with Crippen LogP contribution in [0.3, 0.4) is 0 Å². The highest BCUT2D eigenvalue weighted by Crippen LogP contribution is 2.46. The van der Waals surface area contributed by atoms with Crippen LogP contribution in [0, 0.1) is 13.8 Å². The van der Waals surface area contributed by atoms with Crippen LogP contribution in [0.2, 0.25) is 0 Å². The summed E-state index contributed by atoms with van der Waals surface area (Å²) in [5.74, 6) is -1.58. The first-order chi connectivity index (χ1) is 32.7. The number of hydrogen-bond acceptors (Lipinski definition) is 7. The summed E-state index contributed by atoms with van der Waals surface area (Å²) in [5.41, 5.74) is 12.6. The molecule has 6 aromatic rings. The second kappa shape index (κ2) is 21.6. The van der Waals surface area contributed by atoms with Gasteiger partial charge >= 0.3 is 24.1 Å². The van der Waals surface area contributed by atoms with E-state index in [0.29, 0.717) is 13.0 Å². The van der Waals surface area contributed by atoms with Crippen LogP contribution in [-0.4, -0.2) is 83.0 Å². The Bertz CT molecular complexity index is 2630. The molecular weight excluding hydrogens is 853 g/mol. The van der Waals surface area contributed by atoms with Crippen molar-refractivity contribution in [2.45, 2.75) is 90.8 Å². The number of ether oxygens (including phenoxy) is 3. The second-order valence-corrected chi connectivity index (χ2v) is 18.5. The van der Waals surface area contributed by atoms with Crippen molar-refractivity contribution >= 4 is 24.1 Å². The predicted molar refractivity (Wildman–Crippen MR) is 266 cm³/mol. The predicted octanol–water partition coefficient (Wildman–Crippen LogP) is 11.8. The standard InChI is InChI=1S/C31H35NO4.C27H27NO4/c1-6-32(28(29(33)36-31(3,4)5)19-22-17-15-21(2)16-18-22)30(34)35-20-27-25-13-9-7-11-23(25)24-12-8-10-14-26(24)27;1-3-28(25(26(29)30)16-19-14-12-18(2)13-15-19)27(31)32-17-24-22-10-6-4-8-20(22)21-9-5-7-11-23(21)24/h7-18,27-28H,6,19-20H2,1-5H3;4-15,24-25H,3,16-17H2,1-2H3,(H,29,30)/t28-;25-/m00/s1.